The molecule has 72 valence electrons. The SMILES string of the molecule is N#CNC(=O)C1CCCC(F)(F)C1. The molecule has 0 aromatic carbocycles. The number of nitrogens with zero attached hydrogens (tertiary/aromatic N) is 1. The van der Waals surface area contributed by atoms with Crippen molar-refractivity contribution >= 4 is 5.91 Å². The van der Waals surface area contributed by atoms with Crippen LogP contribution in [0.4, 0.5) is 8.78 Å². The first-order valence-electron chi connectivity index (χ1n) is 4.12. The van der Waals surface area contributed by atoms with Gasteiger partial charge in [-0.05, 0) is 12.8 Å². The fraction of sp³-hybridized carbons (Fsp3) is 0.750. The Morgan fingerprint density at radius 2 is 2.31 bits per heavy atom. The topological polar surface area (TPSA) is 52.9 Å². The van der Waals surface area contributed by atoms with Crippen LogP contribution < -0.4 is 5.32 Å². The van der Waals surface area contributed by atoms with Crippen LogP contribution in [0.1, 0.15) is 25.7 Å². The van der Waals surface area contributed by atoms with Crippen molar-refractivity contribution < 1.29 is 13.6 Å². The van der Waals surface area contributed by atoms with Gasteiger partial charge in [0.1, 0.15) is 0 Å². The van der Waals surface area contributed by atoms with Crippen molar-refractivity contribution in [3.8, 4) is 6.19 Å². The number of carbonyl (C=O) groups excluding carboxylic acids is 1. The van der Waals surface area contributed by atoms with E-state index in [2.05, 4.69) is 0 Å². The van der Waals surface area contributed by atoms with E-state index in [-0.39, 0.29) is 6.42 Å². The van der Waals surface area contributed by atoms with Crippen LogP contribution in [0.3, 0.4) is 0 Å². The van der Waals surface area contributed by atoms with Crippen LogP contribution in [-0.2, 0) is 4.79 Å². The first-order valence-corrected chi connectivity index (χ1v) is 4.12. The summed E-state index contributed by atoms with van der Waals surface area (Å²) in [5.41, 5.74) is 0. The van der Waals surface area contributed by atoms with Gasteiger partial charge in [0.15, 0.2) is 6.19 Å². The van der Waals surface area contributed by atoms with Gasteiger partial charge in [0.2, 0.25) is 11.8 Å². The Kier molecular flexibility index (Phi) is 2.81. The number of alkyl halides is 2. The fourth-order valence-corrected chi connectivity index (χ4v) is 1.55. The second-order valence-electron chi connectivity index (χ2n) is 3.25. The number of nitriles is 1. The Bertz CT molecular complexity index is 247. The third-order valence-electron chi connectivity index (χ3n) is 2.19. The number of carbonyl (C=O) groups is 1. The Labute approximate surface area is 74.7 Å². The predicted octanol–water partition coefficient (Wildman–Crippen LogP) is 1.41. The minimum absolute atomic E-state index is 0.149. The fourth-order valence-electron chi connectivity index (χ4n) is 1.55. The van der Waals surface area contributed by atoms with Gasteiger partial charge in [-0.15, -0.1) is 0 Å². The molecule has 1 aliphatic rings. The second-order valence-corrected chi connectivity index (χ2v) is 3.25. The van der Waals surface area contributed by atoms with E-state index >= 15 is 0 Å². The van der Waals surface area contributed by atoms with Gasteiger partial charge in [-0.1, -0.05) is 0 Å². The van der Waals surface area contributed by atoms with Gasteiger partial charge in [-0.2, -0.15) is 5.26 Å². The van der Waals surface area contributed by atoms with Crippen LogP contribution >= 0.6 is 0 Å². The number of rotatable bonds is 1. The molecule has 0 spiro atoms. The summed E-state index contributed by atoms with van der Waals surface area (Å²) < 4.78 is 25.6. The van der Waals surface area contributed by atoms with E-state index in [0.29, 0.717) is 12.8 Å². The molecule has 1 atom stereocenters. The summed E-state index contributed by atoms with van der Waals surface area (Å²) in [6.07, 6.45) is 1.66. The number of hydrogen-bond acceptors (Lipinski definition) is 2. The van der Waals surface area contributed by atoms with E-state index in [0.717, 1.165) is 0 Å². The summed E-state index contributed by atoms with van der Waals surface area (Å²) in [5, 5.41) is 10.0. The maximum absolute atomic E-state index is 12.8. The van der Waals surface area contributed by atoms with Crippen molar-refractivity contribution in [2.75, 3.05) is 0 Å². The Morgan fingerprint density at radius 3 is 2.85 bits per heavy atom. The first kappa shape index (κ1) is 9.90. The van der Waals surface area contributed by atoms with Gasteiger partial charge < -0.3 is 0 Å². The summed E-state index contributed by atoms with van der Waals surface area (Å²) in [7, 11) is 0. The van der Waals surface area contributed by atoms with E-state index in [9.17, 15) is 13.6 Å². The number of hydrogen-bond donors (Lipinski definition) is 1. The lowest BCUT2D eigenvalue weighted by Crippen LogP contribution is -2.35. The average Bonchev–Trinajstić information content (AvgIpc) is 2.03. The number of halogens is 2. The molecule has 0 radical (unpaired) electrons. The van der Waals surface area contributed by atoms with Crippen LogP contribution in [0.15, 0.2) is 0 Å². The molecule has 1 unspecified atom stereocenters. The van der Waals surface area contributed by atoms with Crippen molar-refractivity contribution in [2.45, 2.75) is 31.6 Å². The maximum atomic E-state index is 12.8. The largest absolute Gasteiger partial charge is 0.274 e. The standard InChI is InChI=1S/C8H10F2N2O/c9-8(10)3-1-2-6(4-8)7(13)12-5-11/h6H,1-4H2,(H,12,13). The van der Waals surface area contributed by atoms with Crippen molar-refractivity contribution in [3.05, 3.63) is 0 Å². The molecule has 0 aliphatic heterocycles. The van der Waals surface area contributed by atoms with Gasteiger partial charge >= 0.3 is 0 Å². The third kappa shape index (κ3) is 2.65. The van der Waals surface area contributed by atoms with Gasteiger partial charge in [0.25, 0.3) is 0 Å². The minimum atomic E-state index is -2.74. The second kappa shape index (κ2) is 3.69. The highest BCUT2D eigenvalue weighted by Gasteiger charge is 2.38. The molecular formula is C8H10F2N2O. The molecule has 1 amide bonds. The summed E-state index contributed by atoms with van der Waals surface area (Å²) in [6.45, 7) is 0. The number of nitrogens with one attached hydrogen (secondary N) is 1. The quantitative estimate of drug-likeness (QED) is 0.499. The zero-order valence-electron chi connectivity index (χ0n) is 7.02. The summed E-state index contributed by atoms with van der Waals surface area (Å²) in [4.78, 5) is 11.0. The van der Waals surface area contributed by atoms with Crippen LogP contribution in [0.5, 0.6) is 0 Å². The van der Waals surface area contributed by atoms with Crippen molar-refractivity contribution in [1.29, 1.82) is 5.26 Å². The van der Waals surface area contributed by atoms with E-state index in [4.69, 9.17) is 5.26 Å². The molecule has 1 aliphatic carbocycles. The Balaban J connectivity index is 2.53. The molecule has 1 rings (SSSR count). The number of amides is 1. The molecule has 0 aromatic heterocycles. The van der Waals surface area contributed by atoms with Crippen molar-refractivity contribution in [3.63, 3.8) is 0 Å². The Morgan fingerprint density at radius 1 is 1.62 bits per heavy atom. The molecule has 3 nitrogen and oxygen atoms in total. The van der Waals surface area contributed by atoms with Gasteiger partial charge in [-0.3, -0.25) is 10.1 Å². The lowest BCUT2D eigenvalue weighted by atomic mass is 9.86. The maximum Gasteiger partial charge on any atom is 0.248 e. The Hall–Kier alpha value is -1.18. The normalized spacial score (nSPS) is 26.1. The molecule has 1 fully saturated rings. The molecule has 0 aromatic rings. The van der Waals surface area contributed by atoms with Crippen molar-refractivity contribution in [2.24, 2.45) is 5.92 Å². The van der Waals surface area contributed by atoms with Crippen LogP contribution in [0.2, 0.25) is 0 Å². The van der Waals surface area contributed by atoms with Crippen LogP contribution in [0.25, 0.3) is 0 Å². The third-order valence-corrected chi connectivity index (χ3v) is 2.19. The summed E-state index contributed by atoms with van der Waals surface area (Å²) in [6, 6.07) is 0. The smallest absolute Gasteiger partial charge is 0.248 e. The molecule has 1 N–H and O–H groups in total. The lowest BCUT2D eigenvalue weighted by Gasteiger charge is -2.27. The van der Waals surface area contributed by atoms with Crippen LogP contribution in [0, 0.1) is 17.4 Å². The van der Waals surface area contributed by atoms with Crippen LogP contribution in [-0.4, -0.2) is 11.8 Å². The summed E-state index contributed by atoms with van der Waals surface area (Å²) >= 11 is 0. The highest BCUT2D eigenvalue weighted by atomic mass is 19.3. The van der Waals surface area contributed by atoms with Gasteiger partial charge in [0.05, 0.1) is 0 Å². The average molecular weight is 188 g/mol. The molecule has 1 saturated carbocycles. The van der Waals surface area contributed by atoms with E-state index in [1.54, 1.807) is 0 Å². The van der Waals surface area contributed by atoms with E-state index in [1.807, 2.05) is 5.32 Å². The molecular weight excluding hydrogens is 178 g/mol. The lowest BCUT2D eigenvalue weighted by molar-refractivity contribution is -0.131. The molecule has 0 bridgehead atoms. The highest BCUT2D eigenvalue weighted by Crippen LogP contribution is 2.36. The predicted molar refractivity (Wildman–Crippen MR) is 40.7 cm³/mol. The minimum Gasteiger partial charge on any atom is -0.274 e. The van der Waals surface area contributed by atoms with E-state index < -0.39 is 24.2 Å². The zero-order valence-corrected chi connectivity index (χ0v) is 7.02. The monoisotopic (exact) mass is 188 g/mol. The molecule has 5 heteroatoms. The first-order chi connectivity index (χ1) is 6.05. The molecule has 0 saturated heterocycles. The summed E-state index contributed by atoms with van der Waals surface area (Å²) in [5.74, 6) is -4.03. The van der Waals surface area contributed by atoms with Gasteiger partial charge in [-0.25, -0.2) is 8.78 Å². The highest BCUT2D eigenvalue weighted by molar-refractivity contribution is 5.80. The molecule has 0 heterocycles. The zero-order chi connectivity index (χ0) is 9.90. The molecule has 13 heavy (non-hydrogen) atoms. The van der Waals surface area contributed by atoms with Crippen molar-refractivity contribution in [1.82, 2.24) is 5.32 Å². The van der Waals surface area contributed by atoms with Gasteiger partial charge in [0, 0.05) is 18.8 Å². The van der Waals surface area contributed by atoms with E-state index in [1.165, 1.54) is 6.19 Å².